The van der Waals surface area contributed by atoms with Gasteiger partial charge in [-0.25, -0.2) is 10.1 Å². The molecular formula is C38H29N3O2S. The van der Waals surface area contributed by atoms with Crippen molar-refractivity contribution in [3.63, 3.8) is 0 Å². The summed E-state index contributed by atoms with van der Waals surface area (Å²) in [4.78, 5) is 5.56. The predicted octanol–water partition coefficient (Wildman–Crippen LogP) is 11.7. The first-order valence-corrected chi connectivity index (χ1v) is 15.2. The summed E-state index contributed by atoms with van der Waals surface area (Å²) in [6, 6.07) is 29.7. The van der Waals surface area contributed by atoms with E-state index in [0.717, 1.165) is 22.4 Å². The first-order chi connectivity index (χ1) is 21.1. The molecule has 44 heavy (non-hydrogen) atoms. The Balaban J connectivity index is 1.43. The maximum atomic E-state index is 9.15. The van der Waals surface area contributed by atoms with E-state index in [9.17, 15) is 0 Å². The zero-order valence-electron chi connectivity index (χ0n) is 25.1. The number of benzene rings is 4. The van der Waals surface area contributed by atoms with Gasteiger partial charge in [0.1, 0.15) is 11.3 Å². The van der Waals surface area contributed by atoms with E-state index in [0.29, 0.717) is 22.5 Å². The number of anilines is 3. The molecule has 7 rings (SSSR count). The van der Waals surface area contributed by atoms with Gasteiger partial charge < -0.3 is 13.7 Å². The van der Waals surface area contributed by atoms with Crippen LogP contribution in [0.3, 0.4) is 0 Å². The van der Waals surface area contributed by atoms with Crippen LogP contribution in [0.5, 0.6) is 0 Å². The summed E-state index contributed by atoms with van der Waals surface area (Å²) in [5.41, 5.74) is 8.75. The van der Waals surface area contributed by atoms with Gasteiger partial charge in [0, 0.05) is 43.7 Å². The maximum Gasteiger partial charge on any atom is 0.265 e. The number of nitriles is 1. The largest absolute Gasteiger partial charge is 0.454 e. The zero-order chi connectivity index (χ0) is 30.7. The fourth-order valence-electron chi connectivity index (χ4n) is 5.99. The predicted molar refractivity (Wildman–Crippen MR) is 182 cm³/mol. The Kier molecular flexibility index (Phi) is 6.36. The van der Waals surface area contributed by atoms with E-state index in [1.807, 2.05) is 23.5 Å². The van der Waals surface area contributed by atoms with E-state index in [4.69, 9.17) is 20.7 Å². The molecule has 0 saturated carbocycles. The Bertz CT molecular complexity index is 2340. The lowest BCUT2D eigenvalue weighted by molar-refractivity contribution is 0.589. The third kappa shape index (κ3) is 4.52. The Labute approximate surface area is 259 Å². The van der Waals surface area contributed by atoms with Crippen molar-refractivity contribution in [3.05, 3.63) is 118 Å². The molecule has 0 amide bonds. The molecule has 0 fully saturated rings. The van der Waals surface area contributed by atoms with Crippen LogP contribution in [0.4, 0.5) is 17.1 Å². The first kappa shape index (κ1) is 27.5. The minimum atomic E-state index is -0.0396. The SMILES string of the molecule is [C-]#[N+]/C(C#N)=C\c1cc2oc3cc(N(c4ccc5sc6ccccc6c5c4)c4c(C)cc(C(C)(C)C)cc4C)ccc3c2o1. The van der Waals surface area contributed by atoms with Crippen LogP contribution in [0.2, 0.25) is 0 Å². The highest BCUT2D eigenvalue weighted by Gasteiger charge is 2.23. The molecule has 0 aliphatic carbocycles. The standard InChI is InChI=1S/C38H29N3O2S/c1-22-15-24(38(3,4)5)16-23(2)36(22)41(26-12-14-35-31(18-26)29-9-7-8-10-34(29)44-35)27-11-13-30-32(19-27)43-33-20-28(42-37(30)33)17-25(21-39)40-6/h7-20H,1-5H3/b25-17-. The van der Waals surface area contributed by atoms with E-state index in [1.165, 1.54) is 42.9 Å². The number of rotatable bonds is 4. The van der Waals surface area contributed by atoms with Gasteiger partial charge in [0.2, 0.25) is 0 Å². The molecule has 3 aromatic heterocycles. The lowest BCUT2D eigenvalue weighted by Crippen LogP contribution is -2.16. The maximum absolute atomic E-state index is 9.15. The molecule has 0 aliphatic heterocycles. The first-order valence-electron chi connectivity index (χ1n) is 14.4. The molecule has 4 aromatic carbocycles. The highest BCUT2D eigenvalue weighted by atomic mass is 32.1. The van der Waals surface area contributed by atoms with Crippen molar-refractivity contribution in [2.24, 2.45) is 0 Å². The fourth-order valence-corrected chi connectivity index (χ4v) is 7.08. The summed E-state index contributed by atoms with van der Waals surface area (Å²) in [6.07, 6.45) is 1.43. The Hall–Kier alpha value is -5.30. The zero-order valence-corrected chi connectivity index (χ0v) is 26.0. The molecule has 0 aliphatic rings. The number of furan rings is 2. The summed E-state index contributed by atoms with van der Waals surface area (Å²) >= 11 is 1.82. The second-order valence-corrected chi connectivity index (χ2v) is 13.3. The summed E-state index contributed by atoms with van der Waals surface area (Å²) in [7, 11) is 0. The van der Waals surface area contributed by atoms with E-state index >= 15 is 0 Å². The van der Waals surface area contributed by atoms with E-state index in [1.54, 1.807) is 6.07 Å². The van der Waals surface area contributed by atoms with Crippen LogP contribution in [-0.2, 0) is 5.41 Å². The van der Waals surface area contributed by atoms with Crippen molar-refractivity contribution in [1.29, 1.82) is 5.26 Å². The van der Waals surface area contributed by atoms with Gasteiger partial charge in [0.05, 0.1) is 23.7 Å². The number of nitrogens with zero attached hydrogens (tertiary/aromatic N) is 3. The molecule has 0 N–H and O–H groups in total. The minimum Gasteiger partial charge on any atom is -0.454 e. The van der Waals surface area contributed by atoms with Crippen molar-refractivity contribution < 1.29 is 8.83 Å². The molecule has 0 saturated heterocycles. The van der Waals surface area contributed by atoms with Crippen molar-refractivity contribution in [2.75, 3.05) is 4.90 Å². The lowest BCUT2D eigenvalue weighted by Gasteiger charge is -2.30. The van der Waals surface area contributed by atoms with E-state index < -0.39 is 0 Å². The Morgan fingerprint density at radius 2 is 1.55 bits per heavy atom. The normalized spacial score (nSPS) is 12.3. The van der Waals surface area contributed by atoms with Crippen LogP contribution in [0, 0.1) is 31.8 Å². The number of aryl methyl sites for hydroxylation is 2. The molecule has 7 aromatic rings. The Morgan fingerprint density at radius 1 is 0.841 bits per heavy atom. The lowest BCUT2D eigenvalue weighted by atomic mass is 9.84. The smallest absolute Gasteiger partial charge is 0.265 e. The monoisotopic (exact) mass is 591 g/mol. The quantitative estimate of drug-likeness (QED) is 0.151. The van der Waals surface area contributed by atoms with Crippen molar-refractivity contribution in [2.45, 2.75) is 40.0 Å². The summed E-state index contributed by atoms with van der Waals surface area (Å²) in [5, 5.41) is 12.5. The highest BCUT2D eigenvalue weighted by Crippen LogP contribution is 2.45. The van der Waals surface area contributed by atoms with Crippen LogP contribution in [-0.4, -0.2) is 0 Å². The van der Waals surface area contributed by atoms with Crippen LogP contribution >= 0.6 is 11.3 Å². The van der Waals surface area contributed by atoms with Gasteiger partial charge in [-0.1, -0.05) is 51.1 Å². The van der Waals surface area contributed by atoms with E-state index in [2.05, 4.69) is 111 Å². The van der Waals surface area contributed by atoms with Gasteiger partial charge in [-0.2, -0.15) is 0 Å². The van der Waals surface area contributed by atoms with Crippen molar-refractivity contribution in [1.82, 2.24) is 0 Å². The van der Waals surface area contributed by atoms with Gasteiger partial charge >= 0.3 is 0 Å². The third-order valence-electron chi connectivity index (χ3n) is 8.12. The molecule has 0 atom stereocenters. The average molecular weight is 592 g/mol. The Morgan fingerprint density at radius 3 is 2.27 bits per heavy atom. The number of hydrogen-bond donors (Lipinski definition) is 0. The van der Waals surface area contributed by atoms with Crippen LogP contribution in [0.1, 0.15) is 43.2 Å². The molecule has 0 unspecified atom stereocenters. The number of thiophene rings is 1. The summed E-state index contributed by atoms with van der Waals surface area (Å²) in [6.45, 7) is 18.3. The molecule has 0 radical (unpaired) electrons. The van der Waals surface area contributed by atoms with Crippen molar-refractivity contribution >= 4 is 76.8 Å². The van der Waals surface area contributed by atoms with Crippen LogP contribution < -0.4 is 4.90 Å². The summed E-state index contributed by atoms with van der Waals surface area (Å²) < 4.78 is 14.8. The van der Waals surface area contributed by atoms with Gasteiger partial charge in [-0.05, 0) is 78.4 Å². The number of fused-ring (bicyclic) bond motifs is 6. The third-order valence-corrected chi connectivity index (χ3v) is 9.27. The van der Waals surface area contributed by atoms with Crippen LogP contribution in [0.15, 0.2) is 93.4 Å². The van der Waals surface area contributed by atoms with Crippen LogP contribution in [0.25, 0.3) is 53.2 Å². The minimum absolute atomic E-state index is 0.0331. The number of hydrogen-bond acceptors (Lipinski definition) is 5. The second-order valence-electron chi connectivity index (χ2n) is 12.2. The number of allylic oxidation sites excluding steroid dienone is 1. The molecule has 0 spiro atoms. The molecular weight excluding hydrogens is 563 g/mol. The molecule has 3 heterocycles. The van der Waals surface area contributed by atoms with Gasteiger partial charge in [0.25, 0.3) is 5.70 Å². The summed E-state index contributed by atoms with van der Waals surface area (Å²) in [5.74, 6) is 0.417. The van der Waals surface area contributed by atoms with Gasteiger partial charge in [0.15, 0.2) is 11.2 Å². The topological polar surface area (TPSA) is 57.7 Å². The van der Waals surface area contributed by atoms with Gasteiger partial charge in [-0.15, -0.1) is 11.3 Å². The second kappa shape index (κ2) is 10.2. The molecule has 0 bridgehead atoms. The fraction of sp³-hybridized carbons (Fsp3) is 0.158. The molecule has 5 nitrogen and oxygen atoms in total. The molecule has 214 valence electrons. The van der Waals surface area contributed by atoms with Crippen molar-refractivity contribution in [3.8, 4) is 6.07 Å². The molecule has 6 heteroatoms. The average Bonchev–Trinajstić information content (AvgIpc) is 3.67. The highest BCUT2D eigenvalue weighted by molar-refractivity contribution is 7.25. The van der Waals surface area contributed by atoms with Gasteiger partial charge in [-0.3, -0.25) is 0 Å². The van der Waals surface area contributed by atoms with E-state index in [-0.39, 0.29) is 11.1 Å².